The van der Waals surface area contributed by atoms with Crippen LogP contribution in [-0.2, 0) is 6.54 Å². The van der Waals surface area contributed by atoms with E-state index in [0.29, 0.717) is 29.9 Å². The van der Waals surface area contributed by atoms with Crippen molar-refractivity contribution in [3.05, 3.63) is 51.9 Å². The minimum Gasteiger partial charge on any atom is -0.496 e. The quantitative estimate of drug-likeness (QED) is 0.760. The Balaban J connectivity index is 1.66. The summed E-state index contributed by atoms with van der Waals surface area (Å²) in [5.74, 6) is 0.326. The number of aryl methyl sites for hydroxylation is 1. The van der Waals surface area contributed by atoms with Crippen molar-refractivity contribution < 1.29 is 9.53 Å². The van der Waals surface area contributed by atoms with Gasteiger partial charge in [-0.3, -0.25) is 9.59 Å². The summed E-state index contributed by atoms with van der Waals surface area (Å²) < 4.78 is 14.9. The van der Waals surface area contributed by atoms with Gasteiger partial charge in [0.15, 0.2) is 0 Å². The summed E-state index contributed by atoms with van der Waals surface area (Å²) in [5, 5.41) is 2.81. The second-order valence-corrected chi connectivity index (χ2v) is 5.78. The first kappa shape index (κ1) is 16.1. The number of pyridine rings is 1. The molecule has 0 fully saturated rings. The molecule has 0 spiro atoms. The summed E-state index contributed by atoms with van der Waals surface area (Å²) >= 11 is 1.11. The van der Waals surface area contributed by atoms with Gasteiger partial charge in [0.05, 0.1) is 18.8 Å². The maximum absolute atomic E-state index is 12.2. The van der Waals surface area contributed by atoms with Crippen molar-refractivity contribution in [2.45, 2.75) is 13.5 Å². The Morgan fingerprint density at radius 3 is 2.79 bits per heavy atom. The zero-order chi connectivity index (χ0) is 17.1. The molecule has 0 saturated carbocycles. The van der Waals surface area contributed by atoms with Crippen molar-refractivity contribution in [1.82, 2.24) is 18.6 Å². The SMILES string of the molecule is COc1cc(C)n(CCNC(=O)c2ccc3nsnc3c2)c(=O)c1. The molecule has 0 aliphatic rings. The lowest BCUT2D eigenvalue weighted by atomic mass is 10.2. The number of hydrogen-bond donors (Lipinski definition) is 1. The van der Waals surface area contributed by atoms with Gasteiger partial charge in [0.25, 0.3) is 11.5 Å². The first-order chi connectivity index (χ1) is 11.6. The highest BCUT2D eigenvalue weighted by molar-refractivity contribution is 7.00. The Morgan fingerprint density at radius 1 is 1.25 bits per heavy atom. The Morgan fingerprint density at radius 2 is 2.04 bits per heavy atom. The Bertz CT molecular complexity index is 948. The molecule has 1 aromatic carbocycles. The lowest BCUT2D eigenvalue weighted by molar-refractivity contribution is 0.0952. The standard InChI is InChI=1S/C16H16N4O3S/c1-10-7-12(23-2)9-15(21)20(10)6-5-17-16(22)11-3-4-13-14(8-11)19-24-18-13/h3-4,7-9H,5-6H2,1-2H3,(H,17,22). The van der Waals surface area contributed by atoms with Crippen molar-refractivity contribution in [2.75, 3.05) is 13.7 Å². The Kier molecular flexibility index (Phi) is 4.57. The molecule has 24 heavy (non-hydrogen) atoms. The summed E-state index contributed by atoms with van der Waals surface area (Å²) in [6.07, 6.45) is 0. The van der Waals surface area contributed by atoms with Crippen molar-refractivity contribution in [3.8, 4) is 5.75 Å². The fraction of sp³-hybridized carbons (Fsp3) is 0.250. The maximum Gasteiger partial charge on any atom is 0.254 e. The monoisotopic (exact) mass is 344 g/mol. The molecule has 0 unspecified atom stereocenters. The van der Waals surface area contributed by atoms with E-state index >= 15 is 0 Å². The number of ether oxygens (including phenoxy) is 1. The van der Waals surface area contributed by atoms with Crippen LogP contribution in [0.15, 0.2) is 35.1 Å². The molecule has 7 nitrogen and oxygen atoms in total. The van der Waals surface area contributed by atoms with Crippen LogP contribution < -0.4 is 15.6 Å². The van der Waals surface area contributed by atoms with Crippen molar-refractivity contribution in [2.24, 2.45) is 0 Å². The van der Waals surface area contributed by atoms with Crippen LogP contribution in [0.5, 0.6) is 5.75 Å². The van der Waals surface area contributed by atoms with Crippen molar-refractivity contribution in [1.29, 1.82) is 0 Å². The maximum atomic E-state index is 12.2. The fourth-order valence-corrected chi connectivity index (χ4v) is 2.93. The van der Waals surface area contributed by atoms with Crippen LogP contribution in [0.4, 0.5) is 0 Å². The van der Waals surface area contributed by atoms with E-state index in [1.165, 1.54) is 13.2 Å². The summed E-state index contributed by atoms with van der Waals surface area (Å²) in [4.78, 5) is 24.2. The number of nitrogens with zero attached hydrogens (tertiary/aromatic N) is 3. The number of methoxy groups -OCH3 is 1. The number of rotatable bonds is 5. The topological polar surface area (TPSA) is 86.1 Å². The third kappa shape index (κ3) is 3.28. The van der Waals surface area contributed by atoms with E-state index in [1.807, 2.05) is 6.92 Å². The number of carbonyl (C=O) groups excluding carboxylic acids is 1. The predicted octanol–water partition coefficient (Wildman–Crippen LogP) is 1.60. The molecule has 0 bridgehead atoms. The molecular formula is C16H16N4O3S. The van der Waals surface area contributed by atoms with E-state index in [1.54, 1.807) is 28.8 Å². The first-order valence-corrected chi connectivity index (χ1v) is 8.07. The van der Waals surface area contributed by atoms with E-state index in [9.17, 15) is 9.59 Å². The van der Waals surface area contributed by atoms with Gasteiger partial charge in [-0.1, -0.05) is 0 Å². The molecule has 2 aromatic heterocycles. The second kappa shape index (κ2) is 6.79. The smallest absolute Gasteiger partial charge is 0.254 e. The van der Waals surface area contributed by atoms with Crippen molar-refractivity contribution in [3.63, 3.8) is 0 Å². The molecule has 0 atom stereocenters. The average Bonchev–Trinajstić information content (AvgIpc) is 3.04. The molecule has 0 saturated heterocycles. The molecule has 1 N–H and O–H groups in total. The largest absolute Gasteiger partial charge is 0.496 e. The molecule has 0 aliphatic carbocycles. The zero-order valence-electron chi connectivity index (χ0n) is 13.3. The minimum absolute atomic E-state index is 0.156. The van der Waals surface area contributed by atoms with Gasteiger partial charge in [-0.15, -0.1) is 0 Å². The molecule has 8 heteroatoms. The summed E-state index contributed by atoms with van der Waals surface area (Å²) in [5.41, 5.74) is 2.63. The second-order valence-electron chi connectivity index (χ2n) is 5.25. The number of benzene rings is 1. The fourth-order valence-electron chi connectivity index (χ4n) is 2.41. The number of nitrogens with one attached hydrogen (secondary N) is 1. The summed E-state index contributed by atoms with van der Waals surface area (Å²) in [6.45, 7) is 2.56. The van der Waals surface area contributed by atoms with Crippen LogP contribution >= 0.6 is 11.7 Å². The molecule has 0 radical (unpaired) electrons. The molecule has 1 amide bonds. The van der Waals surface area contributed by atoms with E-state index in [4.69, 9.17) is 4.74 Å². The van der Waals surface area contributed by atoms with Gasteiger partial charge in [0, 0.05) is 30.4 Å². The summed E-state index contributed by atoms with van der Waals surface area (Å²) in [6, 6.07) is 8.40. The molecule has 2 heterocycles. The highest BCUT2D eigenvalue weighted by atomic mass is 32.1. The molecular weight excluding hydrogens is 328 g/mol. The number of carbonyl (C=O) groups is 1. The van der Waals surface area contributed by atoms with Crippen LogP contribution in [-0.4, -0.2) is 32.9 Å². The Hall–Kier alpha value is -2.74. The highest BCUT2D eigenvalue weighted by Gasteiger charge is 2.09. The lowest BCUT2D eigenvalue weighted by Gasteiger charge is -2.12. The van der Waals surface area contributed by atoms with Gasteiger partial charge < -0.3 is 14.6 Å². The van der Waals surface area contributed by atoms with Crippen LogP contribution in [0.2, 0.25) is 0 Å². The van der Waals surface area contributed by atoms with E-state index in [0.717, 1.165) is 22.9 Å². The molecule has 0 aliphatic heterocycles. The Labute approximate surface area is 142 Å². The van der Waals surface area contributed by atoms with Crippen LogP contribution in [0, 0.1) is 6.92 Å². The van der Waals surface area contributed by atoms with E-state index in [2.05, 4.69) is 14.1 Å². The third-order valence-corrected chi connectivity index (χ3v) is 4.24. The minimum atomic E-state index is -0.205. The number of fused-ring (bicyclic) bond motifs is 1. The highest BCUT2D eigenvalue weighted by Crippen LogP contribution is 2.13. The van der Waals surface area contributed by atoms with Gasteiger partial charge in [-0.2, -0.15) is 8.75 Å². The lowest BCUT2D eigenvalue weighted by Crippen LogP contribution is -2.31. The van der Waals surface area contributed by atoms with Gasteiger partial charge in [-0.25, -0.2) is 0 Å². The van der Waals surface area contributed by atoms with Crippen molar-refractivity contribution >= 4 is 28.7 Å². The molecule has 3 aromatic rings. The van der Waals surface area contributed by atoms with Gasteiger partial charge >= 0.3 is 0 Å². The number of aromatic nitrogens is 3. The zero-order valence-corrected chi connectivity index (χ0v) is 14.1. The third-order valence-electron chi connectivity index (χ3n) is 3.68. The first-order valence-electron chi connectivity index (χ1n) is 7.34. The van der Waals surface area contributed by atoms with Gasteiger partial charge in [0.2, 0.25) is 0 Å². The van der Waals surface area contributed by atoms with Gasteiger partial charge in [-0.05, 0) is 31.2 Å². The van der Waals surface area contributed by atoms with Crippen LogP contribution in [0.1, 0.15) is 16.1 Å². The number of amides is 1. The van der Waals surface area contributed by atoms with E-state index in [-0.39, 0.29) is 11.5 Å². The molecule has 3 rings (SSSR count). The normalized spacial score (nSPS) is 10.8. The number of hydrogen-bond acceptors (Lipinski definition) is 6. The summed E-state index contributed by atoms with van der Waals surface area (Å²) in [7, 11) is 1.52. The molecule has 124 valence electrons. The van der Waals surface area contributed by atoms with Crippen LogP contribution in [0.3, 0.4) is 0 Å². The van der Waals surface area contributed by atoms with Crippen LogP contribution in [0.25, 0.3) is 11.0 Å². The van der Waals surface area contributed by atoms with E-state index < -0.39 is 0 Å². The van der Waals surface area contributed by atoms with Gasteiger partial charge in [0.1, 0.15) is 16.8 Å². The predicted molar refractivity (Wildman–Crippen MR) is 91.7 cm³/mol. The average molecular weight is 344 g/mol.